The summed E-state index contributed by atoms with van der Waals surface area (Å²) in [6.07, 6.45) is 4.12. The first-order valence-electron chi connectivity index (χ1n) is 11.7. The number of nitrogens with zero attached hydrogens (tertiary/aromatic N) is 2. The van der Waals surface area contributed by atoms with Crippen LogP contribution < -0.4 is 10.0 Å². The van der Waals surface area contributed by atoms with Crippen LogP contribution >= 0.6 is 11.3 Å². The van der Waals surface area contributed by atoms with Gasteiger partial charge in [0.25, 0.3) is 5.91 Å². The molecule has 2 aromatic rings. The first kappa shape index (κ1) is 26.6. The van der Waals surface area contributed by atoms with E-state index in [4.69, 9.17) is 14.3 Å². The van der Waals surface area contributed by atoms with Crippen LogP contribution in [0.2, 0.25) is 0 Å². The van der Waals surface area contributed by atoms with E-state index in [9.17, 15) is 18.3 Å². The molecule has 0 bridgehead atoms. The van der Waals surface area contributed by atoms with Crippen LogP contribution in [-0.2, 0) is 35.7 Å². The topological polar surface area (TPSA) is 148 Å². The summed E-state index contributed by atoms with van der Waals surface area (Å²) in [6.45, 7) is 1.22. The number of aliphatic hydroxyl groups is 1. The normalized spacial score (nSPS) is 22.6. The molecule has 4 rings (SSSR count). The Kier molecular flexibility index (Phi) is 9.04. The van der Waals surface area contributed by atoms with Crippen molar-refractivity contribution in [2.75, 3.05) is 25.6 Å². The number of amides is 1. The van der Waals surface area contributed by atoms with E-state index in [1.165, 1.54) is 35.6 Å². The smallest absolute Gasteiger partial charge is 0.280 e. The van der Waals surface area contributed by atoms with E-state index in [1.807, 2.05) is 0 Å². The first-order valence-corrected chi connectivity index (χ1v) is 14.0. The van der Waals surface area contributed by atoms with Crippen molar-refractivity contribution in [2.45, 2.75) is 61.9 Å². The molecule has 2 fully saturated rings. The monoisotopic (exact) mass is 538 g/mol. The Morgan fingerprint density at radius 3 is 2.75 bits per heavy atom. The Balaban J connectivity index is 1.50. The van der Waals surface area contributed by atoms with Gasteiger partial charge in [0.05, 0.1) is 28.6 Å². The maximum atomic E-state index is 13.1. The number of benzene rings is 1. The third-order valence-electron chi connectivity index (χ3n) is 5.89. The number of hydrogen-bond donors (Lipinski definition) is 3. The summed E-state index contributed by atoms with van der Waals surface area (Å²) in [5, 5.41) is 16.9. The number of carbonyl (C=O) groups excluding carboxylic acids is 1. The predicted octanol–water partition coefficient (Wildman–Crippen LogP) is 2.02. The number of nitrogens with one attached hydrogen (secondary N) is 2. The Morgan fingerprint density at radius 1 is 1.28 bits per heavy atom. The first-order chi connectivity index (χ1) is 17.3. The summed E-state index contributed by atoms with van der Waals surface area (Å²) in [5.74, 6) is -0.557. The lowest BCUT2D eigenvalue weighted by Gasteiger charge is -2.13. The number of methoxy groups -OCH3 is 1. The quantitative estimate of drug-likeness (QED) is 0.291. The number of anilines is 1. The standard InChI is InChI=1S/C23H30N4O7S2/c1-32-14-19-13-24-23(35-19)26-22(29)21(27-34-17-7-6-16(28)11-17)15-4-8-20(9-5-15)36(30,31)25-12-18-3-2-10-33-18/h4-5,8-9,13,16-18,25,28H,2-3,6-7,10-12,14H2,1H3,(H,24,26,29)/t16-,17-,18-/m1/s1. The van der Waals surface area contributed by atoms with Crippen LogP contribution in [0.5, 0.6) is 0 Å². The molecule has 2 aliphatic rings. The second-order valence-electron chi connectivity index (χ2n) is 8.66. The van der Waals surface area contributed by atoms with E-state index in [0.29, 0.717) is 43.2 Å². The van der Waals surface area contributed by atoms with Crippen LogP contribution in [0.1, 0.15) is 42.5 Å². The molecular weight excluding hydrogens is 508 g/mol. The number of carbonyl (C=O) groups is 1. The summed E-state index contributed by atoms with van der Waals surface area (Å²) in [4.78, 5) is 23.8. The highest BCUT2D eigenvalue weighted by Crippen LogP contribution is 2.23. The SMILES string of the molecule is COCc1cnc(NC(=O)C(=NO[C@@H]2CC[C@@H](O)C2)c2ccc(S(=O)(=O)NC[C@H]3CCCO3)cc2)s1. The van der Waals surface area contributed by atoms with Crippen LogP contribution in [0.25, 0.3) is 0 Å². The van der Waals surface area contributed by atoms with Gasteiger partial charge in [0, 0.05) is 38.4 Å². The maximum absolute atomic E-state index is 13.1. The summed E-state index contributed by atoms with van der Waals surface area (Å²) >= 11 is 1.27. The summed E-state index contributed by atoms with van der Waals surface area (Å²) in [7, 11) is -2.17. The molecule has 0 unspecified atom stereocenters. The van der Waals surface area contributed by atoms with Gasteiger partial charge in [0.2, 0.25) is 10.0 Å². The number of thiazole rings is 1. The van der Waals surface area contributed by atoms with Crippen molar-refractivity contribution in [3.05, 3.63) is 40.9 Å². The minimum absolute atomic E-state index is 0.0313. The second-order valence-corrected chi connectivity index (χ2v) is 11.5. The molecule has 0 radical (unpaired) electrons. The molecule has 1 aromatic carbocycles. The summed E-state index contributed by atoms with van der Waals surface area (Å²) in [6, 6.07) is 5.83. The van der Waals surface area contributed by atoms with Gasteiger partial charge in [-0.05, 0) is 37.8 Å². The minimum Gasteiger partial charge on any atom is -0.393 e. The lowest BCUT2D eigenvalue weighted by molar-refractivity contribution is -0.110. The fourth-order valence-electron chi connectivity index (χ4n) is 3.98. The van der Waals surface area contributed by atoms with Crippen LogP contribution in [-0.4, -0.2) is 68.7 Å². The fraction of sp³-hybridized carbons (Fsp3) is 0.522. The van der Waals surface area contributed by atoms with E-state index in [1.54, 1.807) is 13.3 Å². The van der Waals surface area contributed by atoms with Crippen molar-refractivity contribution >= 4 is 38.1 Å². The highest BCUT2D eigenvalue weighted by molar-refractivity contribution is 7.89. The molecule has 196 valence electrons. The Morgan fingerprint density at radius 2 is 2.08 bits per heavy atom. The van der Waals surface area contributed by atoms with E-state index >= 15 is 0 Å². The molecule has 1 aromatic heterocycles. The number of rotatable bonds is 11. The zero-order valence-corrected chi connectivity index (χ0v) is 21.5. The van der Waals surface area contributed by atoms with Crippen molar-refractivity contribution < 1.29 is 32.6 Å². The molecule has 13 heteroatoms. The zero-order chi connectivity index (χ0) is 25.5. The molecule has 2 heterocycles. The van der Waals surface area contributed by atoms with Crippen molar-refractivity contribution in [3.8, 4) is 0 Å². The van der Waals surface area contributed by atoms with E-state index < -0.39 is 22.0 Å². The summed E-state index contributed by atoms with van der Waals surface area (Å²) in [5.41, 5.74) is 0.342. The van der Waals surface area contributed by atoms with Crippen LogP contribution in [0, 0.1) is 0 Å². The Hall–Kier alpha value is -2.42. The average molecular weight is 539 g/mol. The predicted molar refractivity (Wildman–Crippen MR) is 133 cm³/mol. The Labute approximate surface area is 213 Å². The highest BCUT2D eigenvalue weighted by Gasteiger charge is 2.26. The molecule has 3 atom stereocenters. The zero-order valence-electron chi connectivity index (χ0n) is 19.9. The van der Waals surface area contributed by atoms with Crippen molar-refractivity contribution in [1.29, 1.82) is 0 Å². The van der Waals surface area contributed by atoms with Crippen LogP contribution in [0.15, 0.2) is 40.5 Å². The molecule has 1 aliphatic heterocycles. The van der Waals surface area contributed by atoms with Gasteiger partial charge in [0.1, 0.15) is 6.10 Å². The van der Waals surface area contributed by atoms with Crippen molar-refractivity contribution in [3.63, 3.8) is 0 Å². The highest BCUT2D eigenvalue weighted by atomic mass is 32.2. The largest absolute Gasteiger partial charge is 0.393 e. The van der Waals surface area contributed by atoms with Crippen LogP contribution in [0.4, 0.5) is 5.13 Å². The molecule has 36 heavy (non-hydrogen) atoms. The molecular formula is C23H30N4O7S2. The number of aliphatic hydroxyl groups excluding tert-OH is 1. The molecule has 0 spiro atoms. The molecule has 1 amide bonds. The number of sulfonamides is 1. The van der Waals surface area contributed by atoms with Crippen molar-refractivity contribution in [1.82, 2.24) is 9.71 Å². The number of hydrogen-bond acceptors (Lipinski definition) is 10. The molecule has 1 saturated carbocycles. The lowest BCUT2D eigenvalue weighted by atomic mass is 10.1. The van der Waals surface area contributed by atoms with Gasteiger partial charge in [-0.1, -0.05) is 28.6 Å². The minimum atomic E-state index is -3.74. The molecule has 3 N–H and O–H groups in total. The van der Waals surface area contributed by atoms with Gasteiger partial charge in [0.15, 0.2) is 10.8 Å². The van der Waals surface area contributed by atoms with E-state index in [2.05, 4.69) is 20.2 Å². The number of aromatic nitrogens is 1. The number of oxime groups is 1. The third kappa shape index (κ3) is 7.08. The fourth-order valence-corrected chi connectivity index (χ4v) is 5.83. The van der Waals surface area contributed by atoms with Gasteiger partial charge in [-0.3, -0.25) is 10.1 Å². The lowest BCUT2D eigenvalue weighted by Crippen LogP contribution is -2.31. The van der Waals surface area contributed by atoms with E-state index in [-0.39, 0.29) is 29.4 Å². The molecule has 1 saturated heterocycles. The van der Waals surface area contributed by atoms with Gasteiger partial charge in [-0.15, -0.1) is 0 Å². The van der Waals surface area contributed by atoms with Gasteiger partial charge in [-0.25, -0.2) is 18.1 Å². The third-order valence-corrected chi connectivity index (χ3v) is 8.21. The molecule has 11 nitrogen and oxygen atoms in total. The van der Waals surface area contributed by atoms with E-state index in [0.717, 1.165) is 17.7 Å². The second kappa shape index (κ2) is 12.2. The Bertz CT molecular complexity index is 1160. The van der Waals surface area contributed by atoms with Gasteiger partial charge in [-0.2, -0.15) is 0 Å². The van der Waals surface area contributed by atoms with Gasteiger partial charge >= 0.3 is 0 Å². The van der Waals surface area contributed by atoms with Crippen molar-refractivity contribution in [2.24, 2.45) is 5.16 Å². The maximum Gasteiger partial charge on any atom is 0.280 e. The summed E-state index contributed by atoms with van der Waals surface area (Å²) < 4.78 is 38.5. The molecule has 1 aliphatic carbocycles. The number of ether oxygens (including phenoxy) is 2. The van der Waals surface area contributed by atoms with Gasteiger partial charge < -0.3 is 19.4 Å². The average Bonchev–Trinajstić information content (AvgIpc) is 3.62. The van der Waals surface area contributed by atoms with Crippen LogP contribution in [0.3, 0.4) is 0 Å².